The van der Waals surface area contributed by atoms with Crippen molar-refractivity contribution in [3.8, 4) is 11.5 Å². The molecule has 2 aromatic carbocycles. The number of carboxylic acids is 1. The number of carbonyl (C=O) groups excluding carboxylic acids is 3. The number of aliphatic carboxylic acids is 1. The van der Waals surface area contributed by atoms with E-state index in [1.54, 1.807) is 24.3 Å². The topological polar surface area (TPSA) is 182 Å². The molecule has 3 amide bonds. The van der Waals surface area contributed by atoms with Crippen molar-refractivity contribution in [1.29, 1.82) is 0 Å². The zero-order valence-corrected chi connectivity index (χ0v) is 21.5. The van der Waals surface area contributed by atoms with Crippen molar-refractivity contribution in [2.24, 2.45) is 5.73 Å². The highest BCUT2D eigenvalue weighted by Gasteiger charge is 2.38. The van der Waals surface area contributed by atoms with E-state index < -0.39 is 47.9 Å². The van der Waals surface area contributed by atoms with Crippen LogP contribution in [0.2, 0.25) is 0 Å². The van der Waals surface area contributed by atoms with Crippen LogP contribution in [0.1, 0.15) is 24.0 Å². The zero-order chi connectivity index (χ0) is 27.8. The number of likely N-dealkylation sites (tertiary alicyclic amines) is 1. The van der Waals surface area contributed by atoms with E-state index in [9.17, 15) is 34.5 Å². The monoisotopic (exact) mass is 544 g/mol. The van der Waals surface area contributed by atoms with Crippen LogP contribution in [0, 0.1) is 0 Å². The maximum Gasteiger partial charge on any atom is 0.327 e. The Morgan fingerprint density at radius 2 is 1.47 bits per heavy atom. The molecule has 1 saturated heterocycles. The first-order chi connectivity index (χ1) is 18.1. The minimum atomic E-state index is -1.27. The Morgan fingerprint density at radius 3 is 2.00 bits per heavy atom. The van der Waals surface area contributed by atoms with Crippen molar-refractivity contribution >= 4 is 36.3 Å². The van der Waals surface area contributed by atoms with E-state index in [-0.39, 0.29) is 30.1 Å². The van der Waals surface area contributed by atoms with Crippen molar-refractivity contribution < 1.29 is 34.5 Å². The summed E-state index contributed by atoms with van der Waals surface area (Å²) in [5.74, 6) is -2.96. The summed E-state index contributed by atoms with van der Waals surface area (Å²) in [6.07, 6.45) is 1.20. The highest BCUT2D eigenvalue weighted by atomic mass is 32.1. The molecular weight excluding hydrogens is 512 g/mol. The number of amides is 3. The van der Waals surface area contributed by atoms with Gasteiger partial charge in [0.25, 0.3) is 0 Å². The molecule has 1 aliphatic rings. The number of carbonyl (C=O) groups is 4. The average molecular weight is 545 g/mol. The van der Waals surface area contributed by atoms with Crippen LogP contribution in [0.15, 0.2) is 48.5 Å². The van der Waals surface area contributed by atoms with Crippen molar-refractivity contribution in [1.82, 2.24) is 15.5 Å². The number of phenolic OH excluding ortho intramolecular Hbond substituents is 2. The van der Waals surface area contributed by atoms with Crippen LogP contribution < -0.4 is 16.4 Å². The van der Waals surface area contributed by atoms with E-state index in [0.29, 0.717) is 24.9 Å². The van der Waals surface area contributed by atoms with Crippen LogP contribution in [-0.2, 0) is 32.0 Å². The van der Waals surface area contributed by atoms with Crippen LogP contribution in [0.3, 0.4) is 0 Å². The maximum atomic E-state index is 13.3. The first kappa shape index (κ1) is 28.8. The molecule has 0 spiro atoms. The third-order valence-corrected chi connectivity index (χ3v) is 6.72. The third-order valence-electron chi connectivity index (χ3n) is 6.35. The van der Waals surface area contributed by atoms with E-state index in [2.05, 4.69) is 23.3 Å². The molecule has 38 heavy (non-hydrogen) atoms. The summed E-state index contributed by atoms with van der Waals surface area (Å²) in [6, 6.07) is 8.23. The molecular formula is C26H32N4O7S. The first-order valence-corrected chi connectivity index (χ1v) is 12.8. The fourth-order valence-corrected chi connectivity index (χ4v) is 4.54. The zero-order valence-electron chi connectivity index (χ0n) is 20.6. The van der Waals surface area contributed by atoms with Crippen molar-refractivity contribution in [3.63, 3.8) is 0 Å². The molecule has 4 unspecified atom stereocenters. The fourth-order valence-electron chi connectivity index (χ4n) is 4.29. The second-order valence-electron chi connectivity index (χ2n) is 9.18. The number of carboxylic acid groups (broad SMARTS) is 1. The Labute approximate surface area is 225 Å². The number of aromatic hydroxyl groups is 2. The maximum absolute atomic E-state index is 13.3. The Kier molecular flexibility index (Phi) is 9.97. The van der Waals surface area contributed by atoms with Crippen molar-refractivity contribution in [2.45, 2.75) is 49.9 Å². The van der Waals surface area contributed by atoms with Crippen LogP contribution in [0.25, 0.3) is 0 Å². The quantitative estimate of drug-likeness (QED) is 0.196. The third kappa shape index (κ3) is 7.62. The number of rotatable bonds is 11. The Hall–Kier alpha value is -3.77. The van der Waals surface area contributed by atoms with Gasteiger partial charge in [0.2, 0.25) is 17.7 Å². The van der Waals surface area contributed by atoms with Gasteiger partial charge in [-0.05, 0) is 54.7 Å². The second kappa shape index (κ2) is 13.2. The standard InChI is InChI=1S/C26H32N4O7S/c27-19(12-15-3-7-17(31)8-4-15)25(35)30-11-1-2-22(30)24(34)28-20(13-16-5-9-18(32)10-6-16)23(33)29-21(14-38)26(36)37/h3-10,19-22,31-32,38H,1-2,11-14,27H2,(H,28,34)(H,29,33)(H,36,37). The minimum absolute atomic E-state index is 0.0256. The fraction of sp³-hybridized carbons (Fsp3) is 0.385. The number of thiol groups is 1. The number of nitrogens with one attached hydrogen (secondary N) is 2. The Morgan fingerprint density at radius 1 is 0.921 bits per heavy atom. The number of benzene rings is 2. The van der Waals surface area contributed by atoms with E-state index in [1.807, 2.05) is 0 Å². The van der Waals surface area contributed by atoms with Gasteiger partial charge in [0.15, 0.2) is 0 Å². The number of hydrogen-bond donors (Lipinski definition) is 7. The lowest BCUT2D eigenvalue weighted by molar-refractivity contribution is -0.142. The predicted octanol–water partition coefficient (Wildman–Crippen LogP) is 0.185. The first-order valence-electron chi connectivity index (χ1n) is 12.1. The molecule has 11 nitrogen and oxygen atoms in total. The van der Waals surface area contributed by atoms with Crippen LogP contribution in [-0.4, -0.2) is 80.4 Å². The van der Waals surface area contributed by atoms with Gasteiger partial charge >= 0.3 is 5.97 Å². The molecule has 4 atom stereocenters. The van der Waals surface area contributed by atoms with Crippen molar-refractivity contribution in [2.75, 3.05) is 12.3 Å². The van der Waals surface area contributed by atoms with Gasteiger partial charge < -0.3 is 36.6 Å². The minimum Gasteiger partial charge on any atom is -0.508 e. The van der Waals surface area contributed by atoms with Gasteiger partial charge in [-0.1, -0.05) is 24.3 Å². The molecule has 1 aliphatic heterocycles. The number of nitrogens with two attached hydrogens (primary N) is 1. The molecule has 0 saturated carbocycles. The average Bonchev–Trinajstić information content (AvgIpc) is 3.38. The number of nitrogens with zero attached hydrogens (tertiary/aromatic N) is 1. The lowest BCUT2D eigenvalue weighted by Crippen LogP contribution is -2.57. The summed E-state index contributed by atoms with van der Waals surface area (Å²) in [4.78, 5) is 52.2. The summed E-state index contributed by atoms with van der Waals surface area (Å²) >= 11 is 3.96. The molecule has 1 heterocycles. The molecule has 12 heteroatoms. The van der Waals surface area contributed by atoms with Crippen LogP contribution in [0.4, 0.5) is 0 Å². The summed E-state index contributed by atoms with van der Waals surface area (Å²) in [7, 11) is 0. The molecule has 0 bridgehead atoms. The normalized spacial score (nSPS) is 17.3. The summed E-state index contributed by atoms with van der Waals surface area (Å²) in [5.41, 5.74) is 7.54. The molecule has 0 aliphatic carbocycles. The van der Waals surface area contributed by atoms with Gasteiger partial charge in [-0.2, -0.15) is 12.6 Å². The highest BCUT2D eigenvalue weighted by molar-refractivity contribution is 7.80. The number of hydrogen-bond acceptors (Lipinski definition) is 8. The van der Waals surface area contributed by atoms with Gasteiger partial charge in [-0.3, -0.25) is 14.4 Å². The van der Waals surface area contributed by atoms with Gasteiger partial charge in [0.1, 0.15) is 29.6 Å². The van der Waals surface area contributed by atoms with Crippen LogP contribution in [0.5, 0.6) is 11.5 Å². The molecule has 1 fully saturated rings. The highest BCUT2D eigenvalue weighted by Crippen LogP contribution is 2.20. The van der Waals surface area contributed by atoms with Gasteiger partial charge in [-0.15, -0.1) is 0 Å². The molecule has 0 aromatic heterocycles. The summed E-state index contributed by atoms with van der Waals surface area (Å²) < 4.78 is 0. The number of phenols is 2. The Balaban J connectivity index is 1.72. The van der Waals surface area contributed by atoms with E-state index in [1.165, 1.54) is 29.2 Å². The molecule has 204 valence electrons. The predicted molar refractivity (Wildman–Crippen MR) is 142 cm³/mol. The summed E-state index contributed by atoms with van der Waals surface area (Å²) in [6.45, 7) is 0.329. The molecule has 2 aromatic rings. The van der Waals surface area contributed by atoms with Gasteiger partial charge in [0.05, 0.1) is 6.04 Å². The second-order valence-corrected chi connectivity index (χ2v) is 9.55. The van der Waals surface area contributed by atoms with E-state index >= 15 is 0 Å². The Bertz CT molecular complexity index is 1140. The molecule has 7 N–H and O–H groups in total. The SMILES string of the molecule is NC(Cc1ccc(O)cc1)C(=O)N1CCCC1C(=O)NC(Cc1ccc(O)cc1)C(=O)NC(CS)C(=O)O. The molecule has 0 radical (unpaired) electrons. The van der Waals surface area contributed by atoms with Gasteiger partial charge in [0, 0.05) is 18.7 Å². The van der Waals surface area contributed by atoms with E-state index in [4.69, 9.17) is 5.73 Å². The van der Waals surface area contributed by atoms with Crippen molar-refractivity contribution in [3.05, 3.63) is 59.7 Å². The molecule has 3 rings (SSSR count). The smallest absolute Gasteiger partial charge is 0.327 e. The van der Waals surface area contributed by atoms with Gasteiger partial charge in [-0.25, -0.2) is 4.79 Å². The van der Waals surface area contributed by atoms with E-state index in [0.717, 1.165) is 5.56 Å². The lowest BCUT2D eigenvalue weighted by Gasteiger charge is -2.28. The lowest BCUT2D eigenvalue weighted by atomic mass is 10.0. The largest absolute Gasteiger partial charge is 0.508 e. The summed E-state index contributed by atoms with van der Waals surface area (Å²) in [5, 5.41) is 33.4. The van der Waals surface area contributed by atoms with Crippen LogP contribution >= 0.6 is 12.6 Å².